The van der Waals surface area contributed by atoms with Crippen molar-refractivity contribution in [3.8, 4) is 22.7 Å². The number of aryl methyl sites for hydroxylation is 1. The molecule has 6 aromatic rings. The fourth-order valence-corrected chi connectivity index (χ4v) is 5.32. The third-order valence-electron chi connectivity index (χ3n) is 7.29. The molecule has 186 valence electrons. The van der Waals surface area contributed by atoms with Crippen molar-refractivity contribution in [1.82, 2.24) is 35.1 Å². The zero-order valence-electron chi connectivity index (χ0n) is 20.6. The molecule has 0 unspecified atom stereocenters. The molecule has 0 spiro atoms. The van der Waals surface area contributed by atoms with Crippen molar-refractivity contribution < 1.29 is 8.83 Å². The van der Waals surface area contributed by atoms with Crippen molar-refractivity contribution in [2.24, 2.45) is 0 Å². The van der Waals surface area contributed by atoms with Crippen LogP contribution in [0.2, 0.25) is 0 Å². The van der Waals surface area contributed by atoms with Crippen LogP contribution in [-0.2, 0) is 13.1 Å². The van der Waals surface area contributed by atoms with Gasteiger partial charge in [-0.15, -0.1) is 10.2 Å². The van der Waals surface area contributed by atoms with Gasteiger partial charge in [-0.1, -0.05) is 24.3 Å². The number of furan rings is 1. The fraction of sp³-hybridized carbons (Fsp3) is 0.286. The van der Waals surface area contributed by atoms with Gasteiger partial charge < -0.3 is 8.83 Å². The van der Waals surface area contributed by atoms with Gasteiger partial charge in [-0.2, -0.15) is 10.2 Å². The number of likely N-dealkylation sites (tertiary alicyclic amines) is 1. The molecule has 1 aliphatic heterocycles. The molecule has 5 heterocycles. The van der Waals surface area contributed by atoms with Crippen LogP contribution in [0.15, 0.2) is 70.0 Å². The van der Waals surface area contributed by atoms with Crippen molar-refractivity contribution >= 4 is 21.7 Å². The zero-order valence-corrected chi connectivity index (χ0v) is 20.6. The Morgan fingerprint density at radius 2 is 2.03 bits per heavy atom. The summed E-state index contributed by atoms with van der Waals surface area (Å²) in [6.07, 6.45) is 7.80. The maximum Gasteiger partial charge on any atom is 0.247 e. The molecule has 0 amide bonds. The van der Waals surface area contributed by atoms with Crippen LogP contribution in [-0.4, -0.2) is 48.2 Å². The van der Waals surface area contributed by atoms with E-state index in [1.54, 1.807) is 0 Å². The van der Waals surface area contributed by atoms with Crippen LogP contribution in [0.25, 0.3) is 44.4 Å². The number of aromatic amines is 1. The Kier molecular flexibility index (Phi) is 5.35. The molecule has 0 aliphatic carbocycles. The first-order valence-corrected chi connectivity index (χ1v) is 12.8. The van der Waals surface area contributed by atoms with Gasteiger partial charge >= 0.3 is 0 Å². The van der Waals surface area contributed by atoms with E-state index in [2.05, 4.69) is 61.6 Å². The molecule has 9 heteroatoms. The number of rotatable bonds is 6. The molecule has 0 saturated carbocycles. The van der Waals surface area contributed by atoms with E-state index >= 15 is 0 Å². The van der Waals surface area contributed by atoms with Gasteiger partial charge in [0.1, 0.15) is 11.5 Å². The number of hydrogen-bond donors (Lipinski definition) is 1. The summed E-state index contributed by atoms with van der Waals surface area (Å²) in [5.74, 6) is 2.43. The van der Waals surface area contributed by atoms with E-state index in [1.807, 2.05) is 41.5 Å². The summed E-state index contributed by atoms with van der Waals surface area (Å²) in [5, 5.41) is 24.2. The lowest BCUT2D eigenvalue weighted by Crippen LogP contribution is -2.33. The average molecular weight is 494 g/mol. The summed E-state index contributed by atoms with van der Waals surface area (Å²) in [7, 11) is 0. The minimum Gasteiger partial charge on any atom is -0.467 e. The second-order valence-electron chi connectivity index (χ2n) is 9.68. The molecular formula is C28H27N7O2. The van der Waals surface area contributed by atoms with Gasteiger partial charge in [-0.05, 0) is 44.5 Å². The average Bonchev–Trinajstić information content (AvgIpc) is 3.74. The topological polar surface area (TPSA) is 102 Å². The molecule has 0 bridgehead atoms. The molecule has 9 nitrogen and oxygen atoms in total. The van der Waals surface area contributed by atoms with Crippen LogP contribution >= 0.6 is 0 Å². The number of nitrogens with zero attached hydrogens (tertiary/aromatic N) is 6. The highest BCUT2D eigenvalue weighted by molar-refractivity contribution is 5.94. The van der Waals surface area contributed by atoms with E-state index in [1.165, 1.54) is 5.39 Å². The van der Waals surface area contributed by atoms with E-state index in [9.17, 15) is 0 Å². The van der Waals surface area contributed by atoms with Gasteiger partial charge in [0.25, 0.3) is 0 Å². The van der Waals surface area contributed by atoms with Crippen LogP contribution < -0.4 is 0 Å². The number of benzene rings is 2. The quantitative estimate of drug-likeness (QED) is 0.321. The van der Waals surface area contributed by atoms with E-state index in [4.69, 9.17) is 8.83 Å². The first kappa shape index (κ1) is 22.0. The number of H-pyrrole nitrogens is 1. The maximum atomic E-state index is 6.24. The highest BCUT2D eigenvalue weighted by atomic mass is 16.4. The summed E-state index contributed by atoms with van der Waals surface area (Å²) in [4.78, 5) is 2.42. The van der Waals surface area contributed by atoms with Crippen molar-refractivity contribution in [3.63, 3.8) is 0 Å². The SMILES string of the molecule is CCn1cc(-c2n[nH]c3ccc(-c4nnc([C@@H]5CCCN(Cc6occ7ccccc67)C5)o4)cc23)cn1. The lowest BCUT2D eigenvalue weighted by Gasteiger charge is -2.30. The highest BCUT2D eigenvalue weighted by Gasteiger charge is 2.27. The standard InChI is InChI=1S/C28H27N7O2/c1-2-35-15-21(13-29-35)26-23-12-18(9-10-24(23)30-31-26)27-32-33-28(37-27)19-7-5-11-34(14-19)16-25-22-8-4-3-6-20(22)17-36-25/h3-4,6,8-10,12-13,15,17,19H,2,5,7,11,14,16H2,1H3,(H,30,31)/t19-/m1/s1. The lowest BCUT2D eigenvalue weighted by atomic mass is 9.98. The smallest absolute Gasteiger partial charge is 0.247 e. The minimum atomic E-state index is 0.198. The summed E-state index contributed by atoms with van der Waals surface area (Å²) in [6, 6.07) is 14.4. The Bertz CT molecular complexity index is 1690. The summed E-state index contributed by atoms with van der Waals surface area (Å²) in [6.45, 7) is 5.55. The highest BCUT2D eigenvalue weighted by Crippen LogP contribution is 2.33. The molecule has 37 heavy (non-hydrogen) atoms. The van der Waals surface area contributed by atoms with Crippen LogP contribution in [0.4, 0.5) is 0 Å². The van der Waals surface area contributed by atoms with E-state index in [0.717, 1.165) is 77.9 Å². The largest absolute Gasteiger partial charge is 0.467 e. The molecule has 1 aliphatic rings. The number of fused-ring (bicyclic) bond motifs is 2. The zero-order chi connectivity index (χ0) is 24.8. The van der Waals surface area contributed by atoms with Crippen molar-refractivity contribution in [2.75, 3.05) is 13.1 Å². The first-order valence-electron chi connectivity index (χ1n) is 12.8. The Balaban J connectivity index is 1.12. The van der Waals surface area contributed by atoms with Gasteiger partial charge in [0, 0.05) is 46.6 Å². The first-order chi connectivity index (χ1) is 18.2. The third kappa shape index (κ3) is 4.01. The molecule has 2 aromatic carbocycles. The maximum absolute atomic E-state index is 6.24. The van der Waals surface area contributed by atoms with Crippen LogP contribution in [0.1, 0.15) is 37.3 Å². The monoisotopic (exact) mass is 493 g/mol. The number of hydrogen-bond acceptors (Lipinski definition) is 7. The normalized spacial score (nSPS) is 16.7. The van der Waals surface area contributed by atoms with Gasteiger partial charge in [-0.3, -0.25) is 14.7 Å². The molecule has 7 rings (SSSR count). The van der Waals surface area contributed by atoms with E-state index in [-0.39, 0.29) is 5.92 Å². The Labute approximate surface area is 213 Å². The van der Waals surface area contributed by atoms with Crippen molar-refractivity contribution in [2.45, 2.75) is 38.8 Å². The van der Waals surface area contributed by atoms with Crippen LogP contribution in [0, 0.1) is 0 Å². The molecular weight excluding hydrogens is 466 g/mol. The second kappa shape index (κ2) is 9.01. The Hall–Kier alpha value is -4.24. The molecule has 1 N–H and O–H groups in total. The third-order valence-corrected chi connectivity index (χ3v) is 7.29. The molecule has 0 radical (unpaired) electrons. The number of aromatic nitrogens is 6. The number of nitrogens with one attached hydrogen (secondary N) is 1. The van der Waals surface area contributed by atoms with E-state index < -0.39 is 0 Å². The van der Waals surface area contributed by atoms with Gasteiger partial charge in [-0.25, -0.2) is 0 Å². The predicted octanol–water partition coefficient (Wildman–Crippen LogP) is 5.62. The second-order valence-corrected chi connectivity index (χ2v) is 9.68. The molecule has 1 atom stereocenters. The predicted molar refractivity (Wildman–Crippen MR) is 140 cm³/mol. The van der Waals surface area contributed by atoms with Crippen molar-refractivity contribution in [1.29, 1.82) is 0 Å². The molecule has 4 aromatic heterocycles. The van der Waals surface area contributed by atoms with Gasteiger partial charge in [0.05, 0.1) is 30.4 Å². The lowest BCUT2D eigenvalue weighted by molar-refractivity contribution is 0.175. The Morgan fingerprint density at radius 1 is 1.08 bits per heavy atom. The summed E-state index contributed by atoms with van der Waals surface area (Å²) < 4.78 is 14.0. The Morgan fingerprint density at radius 3 is 2.95 bits per heavy atom. The fourth-order valence-electron chi connectivity index (χ4n) is 5.32. The molecule has 1 fully saturated rings. The van der Waals surface area contributed by atoms with Gasteiger partial charge in [0.15, 0.2) is 0 Å². The van der Waals surface area contributed by atoms with Crippen LogP contribution in [0.5, 0.6) is 0 Å². The van der Waals surface area contributed by atoms with Crippen LogP contribution in [0.3, 0.4) is 0 Å². The minimum absolute atomic E-state index is 0.198. The molecule has 1 saturated heterocycles. The van der Waals surface area contributed by atoms with E-state index in [0.29, 0.717) is 11.8 Å². The number of piperidine rings is 1. The summed E-state index contributed by atoms with van der Waals surface area (Å²) >= 11 is 0. The summed E-state index contributed by atoms with van der Waals surface area (Å²) in [5.41, 5.74) is 3.68. The van der Waals surface area contributed by atoms with Crippen molar-refractivity contribution in [3.05, 3.63) is 72.8 Å². The van der Waals surface area contributed by atoms with Gasteiger partial charge in [0.2, 0.25) is 11.8 Å².